The van der Waals surface area contributed by atoms with Gasteiger partial charge in [0.15, 0.2) is 0 Å². The summed E-state index contributed by atoms with van der Waals surface area (Å²) in [5.41, 5.74) is 0.938. The molecule has 0 radical (unpaired) electrons. The highest BCUT2D eigenvalue weighted by Gasteiger charge is 2.09. The predicted octanol–water partition coefficient (Wildman–Crippen LogP) is 3.01. The molecule has 0 unspecified atom stereocenters. The van der Waals surface area contributed by atoms with E-state index in [1.807, 2.05) is 30.3 Å². The lowest BCUT2D eigenvalue weighted by Crippen LogP contribution is -1.92. The van der Waals surface area contributed by atoms with Crippen molar-refractivity contribution < 1.29 is 4.42 Å². The molecule has 0 saturated heterocycles. The fourth-order valence-corrected chi connectivity index (χ4v) is 1.05. The van der Waals surface area contributed by atoms with Gasteiger partial charge in [-0.25, -0.2) is 4.42 Å². The van der Waals surface area contributed by atoms with Crippen molar-refractivity contribution in [3.63, 3.8) is 0 Å². The van der Waals surface area contributed by atoms with Gasteiger partial charge in [-0.05, 0) is 12.1 Å². The zero-order chi connectivity index (χ0) is 8.81. The molecule has 0 aliphatic carbocycles. The highest BCUT2D eigenvalue weighted by atomic mass is 35.5. The molecular formula is C10H12ClO+. The highest BCUT2D eigenvalue weighted by molar-refractivity contribution is 6.67. The average molecular weight is 184 g/mol. The summed E-state index contributed by atoms with van der Waals surface area (Å²) in [7, 11) is 0. The first-order valence-corrected chi connectivity index (χ1v) is 4.43. The second-order valence-corrected chi connectivity index (χ2v) is 2.83. The molecule has 1 nitrogen and oxygen atoms in total. The Balaban J connectivity index is 2.71. The molecule has 0 fully saturated rings. The molecule has 1 rings (SSSR count). The van der Waals surface area contributed by atoms with Gasteiger partial charge in [0.05, 0.1) is 5.56 Å². The molecule has 1 aromatic rings. The zero-order valence-corrected chi connectivity index (χ0v) is 7.84. The van der Waals surface area contributed by atoms with Gasteiger partial charge in [-0.15, -0.1) is 0 Å². The summed E-state index contributed by atoms with van der Waals surface area (Å²) in [4.78, 5) is 0. The summed E-state index contributed by atoms with van der Waals surface area (Å²) in [5.74, 6) is 0. The number of hydrogen-bond donors (Lipinski definition) is 0. The molecule has 12 heavy (non-hydrogen) atoms. The molecule has 2 heteroatoms. The Kier molecular flexibility index (Phi) is 3.81. The van der Waals surface area contributed by atoms with Crippen molar-refractivity contribution in [1.29, 1.82) is 0 Å². The Morgan fingerprint density at radius 2 is 2.00 bits per heavy atom. The van der Waals surface area contributed by atoms with Crippen molar-refractivity contribution in [1.82, 2.24) is 0 Å². The second kappa shape index (κ2) is 4.94. The lowest BCUT2D eigenvalue weighted by atomic mass is 10.2. The van der Waals surface area contributed by atoms with E-state index < -0.39 is 0 Å². The van der Waals surface area contributed by atoms with E-state index in [4.69, 9.17) is 16.0 Å². The first kappa shape index (κ1) is 9.27. The van der Waals surface area contributed by atoms with Crippen LogP contribution in [0, 0.1) is 0 Å². The summed E-state index contributed by atoms with van der Waals surface area (Å²) in [6.45, 7) is 2.73. The first-order chi connectivity index (χ1) is 5.84. The Morgan fingerprint density at radius 3 is 2.58 bits per heavy atom. The van der Waals surface area contributed by atoms with Crippen LogP contribution in [0.2, 0.25) is 0 Å². The molecule has 0 amide bonds. The molecule has 64 valence electrons. The number of halogens is 1. The van der Waals surface area contributed by atoms with Crippen LogP contribution in [0.4, 0.5) is 0 Å². The highest BCUT2D eigenvalue weighted by Crippen LogP contribution is 2.04. The number of benzene rings is 1. The van der Waals surface area contributed by atoms with E-state index in [0.717, 1.165) is 12.0 Å². The van der Waals surface area contributed by atoms with Crippen LogP contribution in [-0.2, 0) is 0 Å². The van der Waals surface area contributed by atoms with Crippen molar-refractivity contribution in [2.24, 2.45) is 0 Å². The molecule has 0 atom stereocenters. The molecule has 0 bridgehead atoms. The molecule has 0 aliphatic rings. The summed E-state index contributed by atoms with van der Waals surface area (Å²) >= 11 is 5.88. The fraction of sp³-hybridized carbons (Fsp3) is 0.300. The number of carbonyl (C=O) groups excluding carboxylic acids is 1. The average Bonchev–Trinajstić information content (AvgIpc) is 2.15. The van der Waals surface area contributed by atoms with Gasteiger partial charge in [-0.1, -0.05) is 25.1 Å². The van der Waals surface area contributed by atoms with Gasteiger partial charge in [-0.2, -0.15) is 0 Å². The third-order valence-electron chi connectivity index (χ3n) is 1.43. The van der Waals surface area contributed by atoms with Crippen LogP contribution < -0.4 is 0 Å². The number of hydrogen-bond acceptors (Lipinski definition) is 0. The lowest BCUT2D eigenvalue weighted by molar-refractivity contribution is -0.266. The molecule has 1 aromatic carbocycles. The van der Waals surface area contributed by atoms with E-state index in [9.17, 15) is 0 Å². The summed E-state index contributed by atoms with van der Waals surface area (Å²) in [6, 6.07) is 9.68. The van der Waals surface area contributed by atoms with Gasteiger partial charge in [0.1, 0.15) is 0 Å². The lowest BCUT2D eigenvalue weighted by Gasteiger charge is -1.86. The Bertz CT molecular complexity index is 254. The molecule has 0 spiro atoms. The predicted molar refractivity (Wildman–Crippen MR) is 51.8 cm³/mol. The van der Waals surface area contributed by atoms with Gasteiger partial charge in [0, 0.05) is 18.0 Å². The van der Waals surface area contributed by atoms with Crippen LogP contribution in [0.5, 0.6) is 0 Å². The van der Waals surface area contributed by atoms with E-state index >= 15 is 0 Å². The molecular weight excluding hydrogens is 172 g/mol. The van der Waals surface area contributed by atoms with Crippen LogP contribution >= 0.6 is 11.6 Å². The summed E-state index contributed by atoms with van der Waals surface area (Å²) < 4.78 is 5.26. The quantitative estimate of drug-likeness (QED) is 0.504. The van der Waals surface area contributed by atoms with Crippen LogP contribution in [0.3, 0.4) is 0 Å². The Morgan fingerprint density at radius 1 is 1.33 bits per heavy atom. The van der Waals surface area contributed by atoms with Crippen LogP contribution in [-0.4, -0.2) is 11.8 Å². The smallest absolute Gasteiger partial charge is 0.242 e. The fourth-order valence-electron chi connectivity index (χ4n) is 0.844. The largest absolute Gasteiger partial charge is 0.421 e. The maximum atomic E-state index is 5.88. The monoisotopic (exact) mass is 183 g/mol. The third-order valence-corrected chi connectivity index (χ3v) is 1.76. The summed E-state index contributed by atoms with van der Waals surface area (Å²) in [5, 5.41) is 0.484. The van der Waals surface area contributed by atoms with Gasteiger partial charge in [-0.3, -0.25) is 0 Å². The van der Waals surface area contributed by atoms with Crippen LogP contribution in [0.1, 0.15) is 23.3 Å². The van der Waals surface area contributed by atoms with Crippen LogP contribution in [0.25, 0.3) is 0 Å². The topological polar surface area (TPSA) is 11.3 Å². The third kappa shape index (κ3) is 2.67. The standard InChI is InChI=1S/C10H12ClO/c1-2-8-12-10(11)9-6-4-3-5-7-9/h3-7H,2,8H2,1H3/q+1. The van der Waals surface area contributed by atoms with E-state index in [1.165, 1.54) is 0 Å². The molecule has 0 heterocycles. The molecule has 0 aromatic heterocycles. The maximum Gasteiger partial charge on any atom is 0.421 e. The second-order valence-electron chi connectivity index (χ2n) is 2.49. The minimum absolute atomic E-state index is 0.484. The van der Waals surface area contributed by atoms with Crippen molar-refractivity contribution in [2.75, 3.05) is 6.61 Å². The SMILES string of the molecule is CCC[O+]=C(Cl)c1ccccc1. The Hall–Kier alpha value is -0.820. The van der Waals surface area contributed by atoms with Crippen molar-refractivity contribution in [2.45, 2.75) is 13.3 Å². The first-order valence-electron chi connectivity index (χ1n) is 4.05. The van der Waals surface area contributed by atoms with Gasteiger partial charge < -0.3 is 0 Å². The Labute approximate surface area is 77.7 Å². The van der Waals surface area contributed by atoms with E-state index in [1.54, 1.807) is 0 Å². The minimum atomic E-state index is 0.484. The normalized spacial score (nSPS) is 11.7. The van der Waals surface area contributed by atoms with Crippen LogP contribution in [0.15, 0.2) is 30.3 Å². The minimum Gasteiger partial charge on any atom is -0.242 e. The van der Waals surface area contributed by atoms with E-state index in [0.29, 0.717) is 11.8 Å². The molecule has 0 N–H and O–H groups in total. The van der Waals surface area contributed by atoms with Gasteiger partial charge >= 0.3 is 5.24 Å². The molecule has 0 saturated carbocycles. The summed E-state index contributed by atoms with van der Waals surface area (Å²) in [6.07, 6.45) is 0.975. The van der Waals surface area contributed by atoms with Crippen molar-refractivity contribution in [3.8, 4) is 0 Å². The van der Waals surface area contributed by atoms with Gasteiger partial charge in [0.2, 0.25) is 0 Å². The van der Waals surface area contributed by atoms with E-state index in [2.05, 4.69) is 6.92 Å². The van der Waals surface area contributed by atoms with Crippen molar-refractivity contribution >= 4 is 16.8 Å². The zero-order valence-electron chi connectivity index (χ0n) is 7.09. The van der Waals surface area contributed by atoms with Crippen molar-refractivity contribution in [3.05, 3.63) is 35.9 Å². The van der Waals surface area contributed by atoms with E-state index in [-0.39, 0.29) is 0 Å². The van der Waals surface area contributed by atoms with Gasteiger partial charge in [0.25, 0.3) is 6.61 Å². The number of rotatable bonds is 3. The molecule has 0 aliphatic heterocycles. The maximum absolute atomic E-state index is 5.88.